The molecule has 32 heavy (non-hydrogen) atoms. The van der Waals surface area contributed by atoms with Crippen LogP contribution in [0.5, 0.6) is 0 Å². The molecule has 1 aliphatic rings. The second-order valence-electron chi connectivity index (χ2n) is 6.97. The highest BCUT2D eigenvalue weighted by Gasteiger charge is 2.48. The maximum Gasteiger partial charge on any atom is 0.351 e. The van der Waals surface area contributed by atoms with E-state index in [4.69, 9.17) is 25.8 Å². The first-order valence-corrected chi connectivity index (χ1v) is 9.80. The lowest BCUT2D eigenvalue weighted by Crippen LogP contribution is -2.40. The van der Waals surface area contributed by atoms with Crippen molar-refractivity contribution in [2.75, 3.05) is 5.32 Å². The molecular formula is C20H19ClFN3O7. The predicted octanol–water partition coefficient (Wildman–Crippen LogP) is 2.07. The summed E-state index contributed by atoms with van der Waals surface area (Å²) in [7, 11) is 0. The number of ether oxygens (including phenoxy) is 3. The molecule has 2 aromatic rings. The molecule has 1 aromatic carbocycles. The Morgan fingerprint density at radius 3 is 2.31 bits per heavy atom. The summed E-state index contributed by atoms with van der Waals surface area (Å²) in [5.41, 5.74) is -0.817. The van der Waals surface area contributed by atoms with Crippen molar-refractivity contribution in [3.63, 3.8) is 0 Å². The highest BCUT2D eigenvalue weighted by Crippen LogP contribution is 2.33. The number of halogens is 2. The van der Waals surface area contributed by atoms with Crippen LogP contribution < -0.4 is 11.0 Å². The molecule has 170 valence electrons. The number of anilines is 1. The van der Waals surface area contributed by atoms with Crippen LogP contribution in [0.2, 0.25) is 5.02 Å². The summed E-state index contributed by atoms with van der Waals surface area (Å²) >= 11 is 5.77. The topological polar surface area (TPSA) is 126 Å². The number of benzene rings is 1. The lowest BCUT2D eigenvalue weighted by atomic mass is 10.1. The molecule has 0 radical (unpaired) electrons. The van der Waals surface area contributed by atoms with E-state index in [0.717, 1.165) is 24.6 Å². The van der Waals surface area contributed by atoms with Gasteiger partial charge in [-0.25, -0.2) is 9.18 Å². The first-order chi connectivity index (χ1) is 15.1. The minimum absolute atomic E-state index is 0.173. The lowest BCUT2D eigenvalue weighted by molar-refractivity contribution is -0.165. The van der Waals surface area contributed by atoms with E-state index in [-0.39, 0.29) is 5.56 Å². The highest BCUT2D eigenvalue weighted by atomic mass is 35.5. The number of hydrogen-bond acceptors (Lipinski definition) is 8. The van der Waals surface area contributed by atoms with Crippen LogP contribution in [0.1, 0.15) is 37.4 Å². The molecule has 12 heteroatoms. The van der Waals surface area contributed by atoms with Crippen LogP contribution in [0.25, 0.3) is 0 Å². The van der Waals surface area contributed by atoms with Crippen molar-refractivity contribution in [1.29, 1.82) is 0 Å². The van der Waals surface area contributed by atoms with Crippen molar-refractivity contribution in [2.45, 2.75) is 45.3 Å². The van der Waals surface area contributed by atoms with E-state index in [1.165, 1.54) is 24.3 Å². The molecule has 10 nitrogen and oxygen atoms in total. The van der Waals surface area contributed by atoms with Gasteiger partial charge in [0.05, 0.1) is 12.3 Å². The largest absolute Gasteiger partial charge is 0.456 e. The molecule has 1 N–H and O–H groups in total. The van der Waals surface area contributed by atoms with Gasteiger partial charge in [0.15, 0.2) is 30.1 Å². The normalized spacial score (nSPS) is 22.3. The number of esters is 2. The maximum absolute atomic E-state index is 14.7. The zero-order chi connectivity index (χ0) is 23.6. The van der Waals surface area contributed by atoms with Crippen molar-refractivity contribution in [3.8, 4) is 0 Å². The third-order valence-corrected chi connectivity index (χ3v) is 4.80. The summed E-state index contributed by atoms with van der Waals surface area (Å²) in [6.07, 6.45) is -3.57. The maximum atomic E-state index is 14.7. The predicted molar refractivity (Wildman–Crippen MR) is 109 cm³/mol. The fraction of sp³-hybridized carbons (Fsp3) is 0.350. The van der Waals surface area contributed by atoms with Gasteiger partial charge < -0.3 is 19.5 Å². The van der Waals surface area contributed by atoms with Crippen molar-refractivity contribution >= 4 is 35.3 Å². The van der Waals surface area contributed by atoms with Gasteiger partial charge in [-0.05, 0) is 31.2 Å². The molecule has 0 unspecified atom stereocenters. The van der Waals surface area contributed by atoms with Gasteiger partial charge in [0, 0.05) is 24.4 Å². The Morgan fingerprint density at radius 2 is 1.72 bits per heavy atom. The quantitative estimate of drug-likeness (QED) is 0.662. The van der Waals surface area contributed by atoms with E-state index in [2.05, 4.69) is 10.3 Å². The molecule has 4 atom stereocenters. The fourth-order valence-electron chi connectivity index (χ4n) is 3.20. The number of nitrogens with zero attached hydrogens (tertiary/aromatic N) is 2. The third kappa shape index (κ3) is 5.11. The second-order valence-corrected chi connectivity index (χ2v) is 7.40. The summed E-state index contributed by atoms with van der Waals surface area (Å²) in [6.45, 7) is 3.83. The van der Waals surface area contributed by atoms with Crippen LogP contribution in [0, 0.1) is 5.82 Å². The van der Waals surface area contributed by atoms with Crippen LogP contribution in [-0.2, 0) is 23.8 Å². The number of hydrogen-bond donors (Lipinski definition) is 1. The molecular weight excluding hydrogens is 449 g/mol. The molecule has 1 fully saturated rings. The lowest BCUT2D eigenvalue weighted by Gasteiger charge is -2.23. The summed E-state index contributed by atoms with van der Waals surface area (Å²) in [6, 6.07) is 5.80. The third-order valence-electron chi connectivity index (χ3n) is 4.55. The van der Waals surface area contributed by atoms with E-state index in [9.17, 15) is 23.6 Å². The molecule has 1 aliphatic heterocycles. The Hall–Kier alpha value is -3.31. The molecule has 3 rings (SSSR count). The fourth-order valence-corrected chi connectivity index (χ4v) is 3.32. The van der Waals surface area contributed by atoms with Crippen molar-refractivity contribution in [2.24, 2.45) is 0 Å². The van der Waals surface area contributed by atoms with Crippen LogP contribution in [0.15, 0.2) is 35.3 Å². The van der Waals surface area contributed by atoms with Gasteiger partial charge in [0.1, 0.15) is 0 Å². The van der Waals surface area contributed by atoms with E-state index >= 15 is 0 Å². The van der Waals surface area contributed by atoms with E-state index in [1.807, 2.05) is 0 Å². The van der Waals surface area contributed by atoms with Gasteiger partial charge in [0.25, 0.3) is 5.91 Å². The standard InChI is InChI=1S/C20H19ClFN3O7/c1-9-15(31-10(2)26)16(32-11(3)27)19(30-9)25-8-14(22)17(24-20(25)29)23-18(28)12-4-6-13(21)7-5-12/h4-9,15-16,19H,1-3H3,(H,23,24,28,29)/t9-,15-,16-,19-/m1/s1. The zero-order valence-corrected chi connectivity index (χ0v) is 18.0. The van der Waals surface area contributed by atoms with E-state index in [0.29, 0.717) is 5.02 Å². The number of rotatable bonds is 5. The number of amides is 1. The summed E-state index contributed by atoms with van der Waals surface area (Å²) in [4.78, 5) is 51.4. The van der Waals surface area contributed by atoms with Gasteiger partial charge >= 0.3 is 17.6 Å². The highest BCUT2D eigenvalue weighted by molar-refractivity contribution is 6.30. The Kier molecular flexibility index (Phi) is 6.90. The van der Waals surface area contributed by atoms with E-state index < -0.39 is 59.7 Å². The van der Waals surface area contributed by atoms with Crippen LogP contribution in [0.3, 0.4) is 0 Å². The number of carbonyl (C=O) groups excluding carboxylic acids is 3. The zero-order valence-electron chi connectivity index (χ0n) is 17.2. The smallest absolute Gasteiger partial charge is 0.351 e. The van der Waals surface area contributed by atoms with Crippen molar-refractivity contribution < 1.29 is 33.0 Å². The second kappa shape index (κ2) is 9.45. The Morgan fingerprint density at radius 1 is 1.12 bits per heavy atom. The number of carbonyl (C=O) groups is 3. The van der Waals surface area contributed by atoms with Crippen molar-refractivity contribution in [1.82, 2.24) is 9.55 Å². The average Bonchev–Trinajstić information content (AvgIpc) is 2.99. The minimum atomic E-state index is -1.31. The van der Waals surface area contributed by atoms with Gasteiger partial charge in [-0.15, -0.1) is 0 Å². The van der Waals surface area contributed by atoms with E-state index in [1.54, 1.807) is 6.92 Å². The van der Waals surface area contributed by atoms with Crippen molar-refractivity contribution in [3.05, 3.63) is 57.3 Å². The van der Waals surface area contributed by atoms with Gasteiger partial charge in [-0.2, -0.15) is 4.98 Å². The Balaban J connectivity index is 1.89. The van der Waals surface area contributed by atoms with Crippen LogP contribution in [0.4, 0.5) is 10.2 Å². The number of aromatic nitrogens is 2. The summed E-state index contributed by atoms with van der Waals surface area (Å²) < 4.78 is 31.4. The first kappa shape index (κ1) is 23.4. The minimum Gasteiger partial charge on any atom is -0.456 e. The molecule has 0 saturated carbocycles. The Bertz CT molecular complexity index is 1110. The molecule has 1 saturated heterocycles. The van der Waals surface area contributed by atoms with Crippen LogP contribution in [-0.4, -0.2) is 45.7 Å². The Labute approximate surface area is 186 Å². The molecule has 1 aromatic heterocycles. The molecule has 0 aliphatic carbocycles. The monoisotopic (exact) mass is 467 g/mol. The molecule has 0 spiro atoms. The summed E-state index contributed by atoms with van der Waals surface area (Å²) in [5.74, 6) is -3.72. The van der Waals surface area contributed by atoms with Gasteiger partial charge in [-0.1, -0.05) is 11.6 Å². The SMILES string of the molecule is CC(=O)O[C@@H]1[C@H](OC(C)=O)[C@@H](C)O[C@H]1n1cc(F)c(NC(=O)c2ccc(Cl)cc2)nc1=O. The first-order valence-electron chi connectivity index (χ1n) is 9.42. The number of nitrogens with one attached hydrogen (secondary N) is 1. The molecule has 0 bridgehead atoms. The van der Waals surface area contributed by atoms with Gasteiger partial charge in [-0.3, -0.25) is 19.0 Å². The average molecular weight is 468 g/mol. The molecule has 2 heterocycles. The molecule has 1 amide bonds. The van der Waals surface area contributed by atoms with Crippen LogP contribution >= 0.6 is 11.6 Å². The summed E-state index contributed by atoms with van der Waals surface area (Å²) in [5, 5.41) is 2.63. The van der Waals surface area contributed by atoms with Gasteiger partial charge in [0.2, 0.25) is 0 Å².